The molecule has 2 saturated carbocycles. The highest BCUT2D eigenvalue weighted by molar-refractivity contribution is 8.44. The molecule has 0 radical (unpaired) electrons. The molecule has 4 heterocycles. The fourth-order valence-electron chi connectivity index (χ4n) is 5.34. The number of hydrogen-bond donors (Lipinski definition) is 4. The van der Waals surface area contributed by atoms with Crippen molar-refractivity contribution in [2.45, 2.75) is 49.7 Å². The average molecular weight is 634 g/mol. The fraction of sp³-hybridized carbons (Fsp3) is 0.600. The maximum atomic E-state index is 13.4. The molecule has 1 aliphatic heterocycles. The molecule has 3 aromatic heterocycles. The average Bonchev–Trinajstić information content (AvgIpc) is 3.58. The molecular weight excluding hydrogens is 608 g/mol. The van der Waals surface area contributed by atoms with E-state index >= 15 is 0 Å². The number of H-pyrrole nitrogens is 1. The van der Waals surface area contributed by atoms with E-state index in [1.807, 2.05) is 0 Å². The Morgan fingerprint density at radius 1 is 1.07 bits per heavy atom. The number of nitrogens with zero attached hydrogens (tertiary/aromatic N) is 6. The molecule has 9 atom stereocenters. The molecule has 0 amide bonds. The zero-order valence-electron chi connectivity index (χ0n) is 20.6. The van der Waals surface area contributed by atoms with Crippen LogP contribution in [0.2, 0.25) is 0 Å². The first-order valence-electron chi connectivity index (χ1n) is 12.3. The van der Waals surface area contributed by atoms with E-state index in [0.29, 0.717) is 18.7 Å². The summed E-state index contributed by atoms with van der Waals surface area (Å²) in [5.41, 5.74) is -0.382. The van der Waals surface area contributed by atoms with E-state index in [-0.39, 0.29) is 36.9 Å². The molecule has 6 rings (SSSR count). The summed E-state index contributed by atoms with van der Waals surface area (Å²) in [5.74, 6) is -0.756. The molecule has 1 saturated heterocycles. The summed E-state index contributed by atoms with van der Waals surface area (Å²) in [7, 11) is 0. The normalized spacial score (nSPS) is 38.7. The lowest BCUT2D eigenvalue weighted by Gasteiger charge is -2.26. The van der Waals surface area contributed by atoms with Crippen LogP contribution in [-0.2, 0) is 27.2 Å². The van der Waals surface area contributed by atoms with Crippen molar-refractivity contribution in [2.75, 3.05) is 13.2 Å². The molecule has 0 spiro atoms. The molecule has 1 unspecified atom stereocenters. The molecule has 20 heteroatoms. The molecule has 3 fully saturated rings. The first kappa shape index (κ1) is 28.2. The number of aromatic amines is 1. The SMILES string of the molecule is O=c1[nH]cnc2c1nnn2[C@@H]1CC2CO[P@](=O)(S)O[C@H]3C[C@H](Oc4ccncn4)C[C@@H]3CO[P@@](=O)(S)O[C@@H]1[C@@H]2O. The first-order valence-corrected chi connectivity index (χ1v) is 17.7. The Hall–Kier alpha value is -1.88. The smallest absolute Gasteiger partial charge is 0.386 e. The van der Waals surface area contributed by atoms with Crippen molar-refractivity contribution >= 4 is 49.3 Å². The van der Waals surface area contributed by atoms with Crippen LogP contribution in [0, 0.1) is 11.8 Å². The highest BCUT2D eigenvalue weighted by atomic mass is 32.7. The molecule has 2 N–H and O–H groups in total. The summed E-state index contributed by atoms with van der Waals surface area (Å²) in [5, 5.41) is 19.1. The molecule has 3 aromatic rings. The highest BCUT2D eigenvalue weighted by Crippen LogP contribution is 2.61. The second kappa shape index (κ2) is 11.1. The minimum absolute atomic E-state index is 0.0191. The minimum atomic E-state index is -4.07. The summed E-state index contributed by atoms with van der Waals surface area (Å²) in [6.07, 6.45) is 1.45. The number of aromatic nitrogens is 7. The van der Waals surface area contributed by atoms with Gasteiger partial charge in [-0.15, -0.1) is 5.10 Å². The van der Waals surface area contributed by atoms with Crippen LogP contribution in [0.5, 0.6) is 5.88 Å². The Balaban J connectivity index is 1.27. The Morgan fingerprint density at radius 3 is 2.62 bits per heavy atom. The van der Waals surface area contributed by atoms with E-state index in [2.05, 4.69) is 54.7 Å². The summed E-state index contributed by atoms with van der Waals surface area (Å²) in [6, 6.07) is 0.815. The number of rotatable bonds is 3. The van der Waals surface area contributed by atoms with E-state index in [4.69, 9.17) is 22.8 Å². The maximum Gasteiger partial charge on any atom is 0.386 e. The van der Waals surface area contributed by atoms with Crippen LogP contribution in [0.25, 0.3) is 11.2 Å². The quantitative estimate of drug-likeness (QED) is 0.241. The van der Waals surface area contributed by atoms with Crippen molar-refractivity contribution < 1.29 is 37.1 Å². The van der Waals surface area contributed by atoms with Gasteiger partial charge in [0.2, 0.25) is 5.88 Å². The molecule has 16 nitrogen and oxygen atoms in total. The topological polar surface area (TPSA) is 203 Å². The van der Waals surface area contributed by atoms with Gasteiger partial charge in [0.25, 0.3) is 5.56 Å². The van der Waals surface area contributed by atoms with Gasteiger partial charge >= 0.3 is 13.6 Å². The number of ether oxygens (including phenoxy) is 1. The lowest BCUT2D eigenvalue weighted by Crippen LogP contribution is -2.33. The number of thiol groups is 2. The molecule has 216 valence electrons. The number of aliphatic hydroxyl groups excluding tert-OH is 1. The molecule has 2 bridgehead atoms. The van der Waals surface area contributed by atoms with Gasteiger partial charge in [0, 0.05) is 30.5 Å². The Morgan fingerprint density at radius 2 is 1.85 bits per heavy atom. The standard InChI is InChI=1S/C20H25N7O9P2S2/c28-17-11-4-13(27-19-16(25-26-27)20(29)24-9-23-19)18(17)36-38(31,40)32-6-10-3-12(34-15-1-2-21-8-22-15)5-14(10)35-37(30,39)33-7-11/h1-2,8-14,17-18,28H,3-7H2,(H,30,39)(H,31,40)(H,23,24,29)/t10-,11?,12-,13-,14+,17-,18+,37+,38-/m1/s1. The summed E-state index contributed by atoms with van der Waals surface area (Å²) in [4.78, 5) is 26.6. The number of hydrogen-bond acceptors (Lipinski definition) is 14. The van der Waals surface area contributed by atoms with Crippen molar-refractivity contribution in [1.29, 1.82) is 0 Å². The maximum absolute atomic E-state index is 13.4. The van der Waals surface area contributed by atoms with Gasteiger partial charge in [-0.2, -0.15) is 0 Å². The predicted molar refractivity (Wildman–Crippen MR) is 143 cm³/mol. The van der Waals surface area contributed by atoms with Crippen LogP contribution in [0.1, 0.15) is 25.3 Å². The highest BCUT2D eigenvalue weighted by Gasteiger charge is 2.50. The van der Waals surface area contributed by atoms with Crippen molar-refractivity contribution in [2.24, 2.45) is 11.8 Å². The molecular formula is C20H25N7O9P2S2. The Labute approximate surface area is 236 Å². The van der Waals surface area contributed by atoms with Crippen molar-refractivity contribution in [3.05, 3.63) is 35.3 Å². The van der Waals surface area contributed by atoms with Gasteiger partial charge < -0.3 is 23.9 Å². The summed E-state index contributed by atoms with van der Waals surface area (Å²) < 4.78 is 56.8. The molecule has 40 heavy (non-hydrogen) atoms. The Kier molecular flexibility index (Phi) is 7.82. The third-order valence-electron chi connectivity index (χ3n) is 7.18. The van der Waals surface area contributed by atoms with Gasteiger partial charge in [0.1, 0.15) is 18.5 Å². The van der Waals surface area contributed by atoms with Gasteiger partial charge in [-0.3, -0.25) is 13.8 Å². The zero-order chi connectivity index (χ0) is 28.1. The Bertz CT molecular complexity index is 1530. The largest absolute Gasteiger partial charge is 0.474 e. The third kappa shape index (κ3) is 5.87. The minimum Gasteiger partial charge on any atom is -0.474 e. The van der Waals surface area contributed by atoms with Crippen molar-refractivity contribution in [3.8, 4) is 5.88 Å². The van der Waals surface area contributed by atoms with Crippen LogP contribution in [0.3, 0.4) is 0 Å². The molecule has 2 aliphatic carbocycles. The second-order valence-electron chi connectivity index (χ2n) is 9.75. The van der Waals surface area contributed by atoms with Crippen LogP contribution in [0.15, 0.2) is 29.7 Å². The van der Waals surface area contributed by atoms with E-state index in [9.17, 15) is 19.0 Å². The third-order valence-corrected chi connectivity index (χ3v) is 10.4. The lowest BCUT2D eigenvalue weighted by molar-refractivity contribution is 0.00533. The fourth-order valence-corrected chi connectivity index (χ4v) is 8.48. The number of nitrogens with one attached hydrogen (secondary N) is 1. The van der Waals surface area contributed by atoms with Crippen molar-refractivity contribution in [1.82, 2.24) is 34.9 Å². The van der Waals surface area contributed by atoms with E-state index < -0.39 is 55.3 Å². The van der Waals surface area contributed by atoms with Gasteiger partial charge in [0.15, 0.2) is 11.2 Å². The van der Waals surface area contributed by atoms with Crippen LogP contribution in [-0.4, -0.2) is 77.7 Å². The van der Waals surface area contributed by atoms with Crippen molar-refractivity contribution in [3.63, 3.8) is 0 Å². The number of aliphatic hydroxyl groups is 1. The van der Waals surface area contributed by atoms with E-state index in [1.54, 1.807) is 12.3 Å². The first-order chi connectivity index (χ1) is 19.1. The molecule has 0 aromatic carbocycles. The van der Waals surface area contributed by atoms with E-state index in [0.717, 1.165) is 0 Å². The van der Waals surface area contributed by atoms with Gasteiger partial charge in [-0.25, -0.2) is 28.8 Å². The van der Waals surface area contributed by atoms with Gasteiger partial charge in [0.05, 0.1) is 37.8 Å². The zero-order valence-corrected chi connectivity index (χ0v) is 24.1. The summed E-state index contributed by atoms with van der Waals surface area (Å²) >= 11 is 8.33. The van der Waals surface area contributed by atoms with E-state index in [1.165, 1.54) is 17.3 Å². The van der Waals surface area contributed by atoms with Crippen LogP contribution in [0.4, 0.5) is 0 Å². The molecule has 3 aliphatic rings. The van der Waals surface area contributed by atoms with Crippen LogP contribution < -0.4 is 10.3 Å². The predicted octanol–water partition coefficient (Wildman–Crippen LogP) is 1.98. The van der Waals surface area contributed by atoms with Crippen LogP contribution >= 0.6 is 38.1 Å². The number of fused-ring (bicyclic) bond motifs is 4. The van der Waals surface area contributed by atoms with Gasteiger partial charge in [-0.05, 0) is 12.8 Å². The lowest BCUT2D eigenvalue weighted by atomic mass is 10.1. The van der Waals surface area contributed by atoms with Gasteiger partial charge in [-0.1, -0.05) is 29.7 Å². The summed E-state index contributed by atoms with van der Waals surface area (Å²) in [6.45, 7) is -8.37. The second-order valence-corrected chi connectivity index (χ2v) is 15.5. The monoisotopic (exact) mass is 633 g/mol.